The molecule has 19 heavy (non-hydrogen) atoms. The third-order valence-electron chi connectivity index (χ3n) is 2.90. The smallest absolute Gasteiger partial charge is 0.183 e. The van der Waals surface area contributed by atoms with Crippen molar-refractivity contribution in [1.29, 1.82) is 0 Å². The molecule has 1 unspecified atom stereocenters. The van der Waals surface area contributed by atoms with Crippen molar-refractivity contribution in [3.05, 3.63) is 55.3 Å². The number of furan rings is 1. The van der Waals surface area contributed by atoms with Crippen LogP contribution in [0.15, 0.2) is 48.4 Å². The van der Waals surface area contributed by atoms with E-state index >= 15 is 0 Å². The van der Waals surface area contributed by atoms with Crippen LogP contribution in [0.3, 0.4) is 0 Å². The van der Waals surface area contributed by atoms with Gasteiger partial charge in [0.2, 0.25) is 0 Å². The maximum absolute atomic E-state index is 5.56. The minimum atomic E-state index is 0.329. The van der Waals surface area contributed by atoms with E-state index in [-0.39, 0.29) is 0 Å². The zero-order valence-electron chi connectivity index (χ0n) is 10.4. The lowest BCUT2D eigenvalue weighted by molar-refractivity contribution is 0.432. The Balaban J connectivity index is 2.01. The SMILES string of the molecule is CCC(NCc1cc(Br)c(Br)o1)c1ccc(Br)cc1. The average molecular weight is 452 g/mol. The van der Waals surface area contributed by atoms with E-state index in [4.69, 9.17) is 4.42 Å². The lowest BCUT2D eigenvalue weighted by Crippen LogP contribution is -2.19. The van der Waals surface area contributed by atoms with Gasteiger partial charge >= 0.3 is 0 Å². The van der Waals surface area contributed by atoms with Crippen molar-refractivity contribution in [2.75, 3.05) is 0 Å². The van der Waals surface area contributed by atoms with Crippen LogP contribution in [0.2, 0.25) is 0 Å². The molecule has 2 nitrogen and oxygen atoms in total. The number of benzene rings is 1. The Morgan fingerprint density at radius 1 is 1.16 bits per heavy atom. The van der Waals surface area contributed by atoms with E-state index in [2.05, 4.69) is 84.3 Å². The quantitative estimate of drug-likeness (QED) is 0.620. The summed E-state index contributed by atoms with van der Waals surface area (Å²) in [5, 5.41) is 3.51. The van der Waals surface area contributed by atoms with E-state index in [9.17, 15) is 0 Å². The fourth-order valence-electron chi connectivity index (χ4n) is 1.90. The summed E-state index contributed by atoms with van der Waals surface area (Å²) in [4.78, 5) is 0. The first-order valence-corrected chi connectivity index (χ1v) is 8.40. The summed E-state index contributed by atoms with van der Waals surface area (Å²) in [6.07, 6.45) is 1.03. The molecule has 102 valence electrons. The predicted octanol–water partition coefficient (Wildman–Crippen LogP) is 5.81. The van der Waals surface area contributed by atoms with Crippen LogP contribution in [0.25, 0.3) is 0 Å². The molecule has 1 N–H and O–H groups in total. The zero-order valence-corrected chi connectivity index (χ0v) is 15.2. The molecular weight excluding hydrogens is 438 g/mol. The van der Waals surface area contributed by atoms with Crippen molar-refractivity contribution in [2.24, 2.45) is 0 Å². The highest BCUT2D eigenvalue weighted by atomic mass is 79.9. The Hall–Kier alpha value is -0.100. The highest BCUT2D eigenvalue weighted by Crippen LogP contribution is 2.27. The van der Waals surface area contributed by atoms with E-state index in [1.165, 1.54) is 5.56 Å². The standard InChI is InChI=1S/C14H14Br3NO/c1-2-13(9-3-5-10(15)6-4-9)18-8-11-7-12(16)14(17)19-11/h3-7,13,18H,2,8H2,1H3. The van der Waals surface area contributed by atoms with Gasteiger partial charge in [-0.15, -0.1) is 0 Å². The van der Waals surface area contributed by atoms with Crippen molar-refractivity contribution in [1.82, 2.24) is 5.32 Å². The molecule has 0 aliphatic carbocycles. The molecule has 0 amide bonds. The normalized spacial score (nSPS) is 12.6. The largest absolute Gasteiger partial charge is 0.452 e. The van der Waals surface area contributed by atoms with Crippen LogP contribution >= 0.6 is 47.8 Å². The Morgan fingerprint density at radius 2 is 1.84 bits per heavy atom. The van der Waals surface area contributed by atoms with Gasteiger partial charge in [-0.2, -0.15) is 0 Å². The van der Waals surface area contributed by atoms with E-state index in [1.807, 2.05) is 6.07 Å². The number of hydrogen-bond donors (Lipinski definition) is 1. The van der Waals surface area contributed by atoms with Crippen LogP contribution < -0.4 is 5.32 Å². The van der Waals surface area contributed by atoms with Gasteiger partial charge in [0.1, 0.15) is 5.76 Å². The van der Waals surface area contributed by atoms with E-state index in [0.29, 0.717) is 12.6 Å². The number of nitrogens with one attached hydrogen (secondary N) is 1. The third-order valence-corrected chi connectivity index (χ3v) is 5.14. The van der Waals surface area contributed by atoms with E-state index in [1.54, 1.807) is 0 Å². The summed E-state index contributed by atoms with van der Waals surface area (Å²) < 4.78 is 8.35. The van der Waals surface area contributed by atoms with Gasteiger partial charge in [0.05, 0.1) is 11.0 Å². The van der Waals surface area contributed by atoms with Crippen molar-refractivity contribution >= 4 is 47.8 Å². The third kappa shape index (κ3) is 4.18. The summed E-state index contributed by atoms with van der Waals surface area (Å²) in [7, 11) is 0. The van der Waals surface area contributed by atoms with E-state index < -0.39 is 0 Å². The molecule has 0 aliphatic rings. The molecule has 5 heteroatoms. The molecule has 0 saturated heterocycles. The molecule has 0 bridgehead atoms. The summed E-state index contributed by atoms with van der Waals surface area (Å²) in [5.41, 5.74) is 1.29. The predicted molar refractivity (Wildman–Crippen MR) is 88.1 cm³/mol. The lowest BCUT2D eigenvalue weighted by Gasteiger charge is -2.16. The highest BCUT2D eigenvalue weighted by molar-refractivity contribution is 9.13. The zero-order chi connectivity index (χ0) is 13.8. The molecule has 0 saturated carbocycles. The second-order valence-corrected chi connectivity index (χ2v) is 6.72. The van der Waals surface area contributed by atoms with Gasteiger partial charge in [-0.1, -0.05) is 35.0 Å². The minimum Gasteiger partial charge on any atom is -0.452 e. The van der Waals surface area contributed by atoms with Crippen LogP contribution in [0.1, 0.15) is 30.7 Å². The second kappa shape index (κ2) is 7.07. The van der Waals surface area contributed by atoms with Crippen molar-refractivity contribution in [2.45, 2.75) is 25.9 Å². The molecule has 0 aliphatic heterocycles. The fourth-order valence-corrected chi connectivity index (χ4v) is 2.82. The Morgan fingerprint density at radius 3 is 2.37 bits per heavy atom. The van der Waals surface area contributed by atoms with Crippen LogP contribution in [0.4, 0.5) is 0 Å². The van der Waals surface area contributed by atoms with Gasteiger partial charge < -0.3 is 9.73 Å². The van der Waals surface area contributed by atoms with Crippen LogP contribution in [0.5, 0.6) is 0 Å². The summed E-state index contributed by atoms with van der Waals surface area (Å²) in [6.45, 7) is 2.88. The molecule has 1 aromatic carbocycles. The number of hydrogen-bond acceptors (Lipinski definition) is 2. The van der Waals surface area contributed by atoms with Crippen molar-refractivity contribution < 1.29 is 4.42 Å². The van der Waals surface area contributed by atoms with Gasteiger partial charge in [0.25, 0.3) is 0 Å². The van der Waals surface area contributed by atoms with Crippen molar-refractivity contribution in [3.63, 3.8) is 0 Å². The Labute approximate surface area is 138 Å². The molecule has 1 heterocycles. The van der Waals surface area contributed by atoms with Gasteiger partial charge in [-0.25, -0.2) is 0 Å². The average Bonchev–Trinajstić information content (AvgIpc) is 2.71. The van der Waals surface area contributed by atoms with Crippen LogP contribution in [0, 0.1) is 0 Å². The molecule has 2 rings (SSSR count). The topological polar surface area (TPSA) is 25.2 Å². The van der Waals surface area contributed by atoms with Crippen LogP contribution in [-0.2, 0) is 6.54 Å². The minimum absolute atomic E-state index is 0.329. The van der Waals surface area contributed by atoms with E-state index in [0.717, 1.165) is 25.8 Å². The lowest BCUT2D eigenvalue weighted by atomic mass is 10.0. The maximum Gasteiger partial charge on any atom is 0.183 e. The first-order chi connectivity index (χ1) is 9.10. The summed E-state index contributed by atoms with van der Waals surface area (Å²) >= 11 is 10.2. The molecule has 1 atom stereocenters. The van der Waals surface area contributed by atoms with Crippen LogP contribution in [-0.4, -0.2) is 0 Å². The molecule has 0 spiro atoms. The van der Waals surface area contributed by atoms with Gasteiger partial charge in [0, 0.05) is 10.5 Å². The molecule has 2 aromatic rings. The van der Waals surface area contributed by atoms with Crippen molar-refractivity contribution in [3.8, 4) is 0 Å². The monoisotopic (exact) mass is 449 g/mol. The Bertz CT molecular complexity index is 517. The maximum atomic E-state index is 5.56. The molecule has 1 aromatic heterocycles. The first kappa shape index (κ1) is 15.3. The Kier molecular flexibility index (Phi) is 5.69. The summed E-state index contributed by atoms with van der Waals surface area (Å²) in [6, 6.07) is 10.7. The molecule has 0 radical (unpaired) electrons. The molecular formula is C14H14Br3NO. The van der Waals surface area contributed by atoms with Gasteiger partial charge in [-0.05, 0) is 62.0 Å². The fraction of sp³-hybridized carbons (Fsp3) is 0.286. The first-order valence-electron chi connectivity index (χ1n) is 6.02. The number of halogens is 3. The second-order valence-electron chi connectivity index (χ2n) is 4.23. The summed E-state index contributed by atoms with van der Waals surface area (Å²) in [5.74, 6) is 0.911. The highest BCUT2D eigenvalue weighted by Gasteiger charge is 2.11. The van der Waals surface area contributed by atoms with Gasteiger partial charge in [0.15, 0.2) is 4.67 Å². The number of rotatable bonds is 5. The molecule has 0 fully saturated rings. The van der Waals surface area contributed by atoms with Gasteiger partial charge in [-0.3, -0.25) is 0 Å².